The number of benzene rings is 1. The van der Waals surface area contributed by atoms with Gasteiger partial charge in [0.15, 0.2) is 0 Å². The van der Waals surface area contributed by atoms with Crippen molar-refractivity contribution in [1.29, 1.82) is 0 Å². The molecule has 3 N–H and O–H groups in total. The minimum Gasteiger partial charge on any atom is -0.488 e. The van der Waals surface area contributed by atoms with E-state index < -0.39 is 0 Å². The summed E-state index contributed by atoms with van der Waals surface area (Å²) < 4.78 is 5.98. The molecule has 104 valence electrons. The lowest BCUT2D eigenvalue weighted by atomic mass is 9.88. The molecule has 3 heteroatoms. The van der Waals surface area contributed by atoms with E-state index in [2.05, 4.69) is 12.1 Å². The van der Waals surface area contributed by atoms with E-state index in [0.717, 1.165) is 44.3 Å². The largest absolute Gasteiger partial charge is 0.488 e. The van der Waals surface area contributed by atoms with Crippen molar-refractivity contribution in [2.24, 2.45) is 5.73 Å². The van der Waals surface area contributed by atoms with Crippen molar-refractivity contribution in [3.8, 4) is 5.75 Å². The molecule has 2 aliphatic rings. The van der Waals surface area contributed by atoms with Crippen LogP contribution in [-0.4, -0.2) is 17.3 Å². The fourth-order valence-electron chi connectivity index (χ4n) is 3.28. The van der Waals surface area contributed by atoms with Gasteiger partial charge in [0.2, 0.25) is 0 Å². The van der Waals surface area contributed by atoms with Gasteiger partial charge in [0.05, 0.1) is 6.10 Å². The summed E-state index contributed by atoms with van der Waals surface area (Å²) >= 11 is 0. The Labute approximate surface area is 114 Å². The van der Waals surface area contributed by atoms with E-state index in [4.69, 9.17) is 10.5 Å². The maximum Gasteiger partial charge on any atom is 0.124 e. The molecule has 3 rings (SSSR count). The van der Waals surface area contributed by atoms with Crippen LogP contribution >= 0.6 is 0 Å². The second-order valence-electron chi connectivity index (χ2n) is 5.87. The van der Waals surface area contributed by atoms with Crippen LogP contribution in [0.5, 0.6) is 5.75 Å². The third kappa shape index (κ3) is 2.77. The molecule has 1 aromatic carbocycles. The number of fused-ring (bicyclic) bond motifs is 1. The molecule has 0 amide bonds. The van der Waals surface area contributed by atoms with Gasteiger partial charge in [-0.3, -0.25) is 0 Å². The lowest BCUT2D eigenvalue weighted by Crippen LogP contribution is -2.34. The molecule has 0 heterocycles. The topological polar surface area (TPSA) is 55.5 Å². The number of aliphatic hydroxyl groups is 1. The van der Waals surface area contributed by atoms with Crippen LogP contribution in [-0.2, 0) is 6.42 Å². The summed E-state index contributed by atoms with van der Waals surface area (Å²) in [6, 6.07) is 6.39. The molecule has 1 aromatic rings. The van der Waals surface area contributed by atoms with Gasteiger partial charge in [0, 0.05) is 6.04 Å². The van der Waals surface area contributed by atoms with Crippen molar-refractivity contribution >= 4 is 0 Å². The lowest BCUT2D eigenvalue weighted by Gasteiger charge is -2.29. The molecule has 19 heavy (non-hydrogen) atoms. The fraction of sp³-hybridized carbons (Fsp3) is 0.625. The predicted molar refractivity (Wildman–Crippen MR) is 75.2 cm³/mol. The van der Waals surface area contributed by atoms with Crippen LogP contribution in [0.2, 0.25) is 0 Å². The molecule has 3 atom stereocenters. The first kappa shape index (κ1) is 12.9. The van der Waals surface area contributed by atoms with Crippen molar-refractivity contribution < 1.29 is 9.84 Å². The van der Waals surface area contributed by atoms with Crippen LogP contribution in [0.1, 0.15) is 55.7 Å². The maximum absolute atomic E-state index is 9.97. The van der Waals surface area contributed by atoms with Gasteiger partial charge in [-0.2, -0.15) is 0 Å². The molecule has 0 spiro atoms. The highest BCUT2D eigenvalue weighted by Gasteiger charge is 2.25. The minimum absolute atomic E-state index is 0.0494. The zero-order chi connectivity index (χ0) is 13.2. The Balaban J connectivity index is 1.76. The third-order valence-electron chi connectivity index (χ3n) is 4.43. The fourth-order valence-corrected chi connectivity index (χ4v) is 3.28. The summed E-state index contributed by atoms with van der Waals surface area (Å²) in [5.41, 5.74) is 8.76. The van der Waals surface area contributed by atoms with E-state index >= 15 is 0 Å². The number of aliphatic hydroxyl groups excluding tert-OH is 1. The predicted octanol–water partition coefficient (Wildman–Crippen LogP) is 2.71. The first-order chi connectivity index (χ1) is 9.24. The first-order valence-electron chi connectivity index (χ1n) is 7.47. The van der Waals surface area contributed by atoms with E-state index in [1.807, 2.05) is 6.07 Å². The van der Waals surface area contributed by atoms with Crippen molar-refractivity contribution in [3.63, 3.8) is 0 Å². The summed E-state index contributed by atoms with van der Waals surface area (Å²) in [5, 5.41) is 9.97. The average Bonchev–Trinajstić information content (AvgIpc) is 2.42. The molecule has 0 saturated heterocycles. The van der Waals surface area contributed by atoms with Gasteiger partial charge in [-0.15, -0.1) is 0 Å². The quantitative estimate of drug-likeness (QED) is 0.860. The van der Waals surface area contributed by atoms with Crippen LogP contribution < -0.4 is 10.5 Å². The minimum atomic E-state index is -0.321. The van der Waals surface area contributed by atoms with Gasteiger partial charge in [0.25, 0.3) is 0 Å². The number of hydrogen-bond donors (Lipinski definition) is 2. The standard InChI is InChI=1S/C16H23NO2/c17-14-5-3-4-11-8-9-12(10-13(11)14)19-16-7-2-1-6-15(16)18/h8-10,14-16,18H,1-7,17H2. The molecule has 1 fully saturated rings. The summed E-state index contributed by atoms with van der Waals surface area (Å²) in [4.78, 5) is 0. The van der Waals surface area contributed by atoms with Gasteiger partial charge in [0.1, 0.15) is 11.9 Å². The molecule has 0 aliphatic heterocycles. The Hall–Kier alpha value is -1.06. The molecule has 0 bridgehead atoms. The van der Waals surface area contributed by atoms with Crippen molar-refractivity contribution in [3.05, 3.63) is 29.3 Å². The number of hydrogen-bond acceptors (Lipinski definition) is 3. The van der Waals surface area contributed by atoms with Crippen LogP contribution in [0.25, 0.3) is 0 Å². The van der Waals surface area contributed by atoms with E-state index in [9.17, 15) is 5.11 Å². The van der Waals surface area contributed by atoms with Crippen LogP contribution in [0.15, 0.2) is 18.2 Å². The SMILES string of the molecule is NC1CCCc2ccc(OC3CCCCC3O)cc21. The number of nitrogens with two attached hydrogens (primary N) is 1. The van der Waals surface area contributed by atoms with Crippen LogP contribution in [0.3, 0.4) is 0 Å². The first-order valence-corrected chi connectivity index (χ1v) is 7.47. The monoisotopic (exact) mass is 261 g/mol. The van der Waals surface area contributed by atoms with Gasteiger partial charge in [-0.05, 0) is 61.8 Å². The van der Waals surface area contributed by atoms with Crippen molar-refractivity contribution in [2.45, 2.75) is 63.2 Å². The number of aryl methyl sites for hydroxylation is 1. The highest BCUT2D eigenvalue weighted by atomic mass is 16.5. The summed E-state index contributed by atoms with van der Waals surface area (Å²) in [5.74, 6) is 0.863. The molecule has 3 unspecified atom stereocenters. The molecule has 0 aromatic heterocycles. The van der Waals surface area contributed by atoms with Crippen LogP contribution in [0.4, 0.5) is 0 Å². The molecule has 2 aliphatic carbocycles. The Kier molecular flexibility index (Phi) is 3.76. The summed E-state index contributed by atoms with van der Waals surface area (Å²) in [6.07, 6.45) is 7.04. The van der Waals surface area contributed by atoms with Gasteiger partial charge < -0.3 is 15.6 Å². The average molecular weight is 261 g/mol. The Bertz CT molecular complexity index is 446. The number of rotatable bonds is 2. The van der Waals surface area contributed by atoms with E-state index in [1.165, 1.54) is 17.5 Å². The molecular weight excluding hydrogens is 238 g/mol. The van der Waals surface area contributed by atoms with Crippen molar-refractivity contribution in [2.75, 3.05) is 0 Å². The van der Waals surface area contributed by atoms with Crippen LogP contribution in [0, 0.1) is 0 Å². The normalized spacial score (nSPS) is 30.7. The second kappa shape index (κ2) is 5.51. The lowest BCUT2D eigenvalue weighted by molar-refractivity contribution is 0.00681. The van der Waals surface area contributed by atoms with E-state index in [-0.39, 0.29) is 18.2 Å². The zero-order valence-electron chi connectivity index (χ0n) is 11.3. The second-order valence-corrected chi connectivity index (χ2v) is 5.87. The summed E-state index contributed by atoms with van der Waals surface area (Å²) in [7, 11) is 0. The highest BCUT2D eigenvalue weighted by Crippen LogP contribution is 2.32. The Morgan fingerprint density at radius 1 is 1.11 bits per heavy atom. The van der Waals surface area contributed by atoms with Gasteiger partial charge in [-0.25, -0.2) is 0 Å². The molecule has 0 radical (unpaired) electrons. The zero-order valence-corrected chi connectivity index (χ0v) is 11.3. The van der Waals surface area contributed by atoms with E-state index in [1.54, 1.807) is 0 Å². The smallest absolute Gasteiger partial charge is 0.124 e. The van der Waals surface area contributed by atoms with E-state index in [0.29, 0.717) is 0 Å². The van der Waals surface area contributed by atoms with Gasteiger partial charge in [-0.1, -0.05) is 12.5 Å². The number of ether oxygens (including phenoxy) is 1. The van der Waals surface area contributed by atoms with Crippen molar-refractivity contribution in [1.82, 2.24) is 0 Å². The Morgan fingerprint density at radius 2 is 1.95 bits per heavy atom. The highest BCUT2D eigenvalue weighted by molar-refractivity contribution is 5.39. The molecular formula is C16H23NO2. The Morgan fingerprint density at radius 3 is 2.79 bits per heavy atom. The molecule has 1 saturated carbocycles. The summed E-state index contributed by atoms with van der Waals surface area (Å²) in [6.45, 7) is 0. The van der Waals surface area contributed by atoms with Gasteiger partial charge >= 0.3 is 0 Å². The molecule has 3 nitrogen and oxygen atoms in total. The maximum atomic E-state index is 9.97. The third-order valence-corrected chi connectivity index (χ3v) is 4.43.